The van der Waals surface area contributed by atoms with Gasteiger partial charge >= 0.3 is 0 Å². The van der Waals surface area contributed by atoms with Crippen LogP contribution in [0.3, 0.4) is 0 Å². The summed E-state index contributed by atoms with van der Waals surface area (Å²) >= 11 is 0. The molecule has 0 radical (unpaired) electrons. The maximum absolute atomic E-state index is 12.6. The second-order valence-corrected chi connectivity index (χ2v) is 5.06. The van der Waals surface area contributed by atoms with Crippen molar-refractivity contribution in [2.75, 3.05) is 25.5 Å². The van der Waals surface area contributed by atoms with E-state index in [-0.39, 0.29) is 17.9 Å². The monoisotopic (exact) mass is 262 g/mol. The van der Waals surface area contributed by atoms with Crippen LogP contribution in [0.15, 0.2) is 24.3 Å². The molecule has 1 aromatic rings. The Hall–Kier alpha value is -1.55. The van der Waals surface area contributed by atoms with Gasteiger partial charge in [-0.15, -0.1) is 0 Å². The average Bonchev–Trinajstić information content (AvgIpc) is 2.45. The lowest BCUT2D eigenvalue weighted by Crippen LogP contribution is -2.49. The molecule has 0 aliphatic carbocycles. The molecular formula is C15H22N2O2. The number of hydrogen-bond donors (Lipinski definition) is 1. The zero-order valence-electron chi connectivity index (χ0n) is 11.6. The topological polar surface area (TPSA) is 55.6 Å². The van der Waals surface area contributed by atoms with Gasteiger partial charge in [0.2, 0.25) is 5.91 Å². The second-order valence-electron chi connectivity index (χ2n) is 5.06. The highest BCUT2D eigenvalue weighted by Gasteiger charge is 2.29. The maximum Gasteiger partial charge on any atom is 0.230 e. The fraction of sp³-hybridized carbons (Fsp3) is 0.533. The summed E-state index contributed by atoms with van der Waals surface area (Å²) in [6, 6.07) is 7.77. The van der Waals surface area contributed by atoms with Crippen LogP contribution in [0.5, 0.6) is 0 Å². The fourth-order valence-corrected chi connectivity index (χ4v) is 2.50. The van der Waals surface area contributed by atoms with E-state index in [1.54, 1.807) is 0 Å². The van der Waals surface area contributed by atoms with Crippen LogP contribution in [-0.4, -0.2) is 36.6 Å². The molecule has 1 saturated heterocycles. The molecule has 4 nitrogen and oxygen atoms in total. The van der Waals surface area contributed by atoms with Gasteiger partial charge in [-0.3, -0.25) is 4.79 Å². The zero-order chi connectivity index (χ0) is 13.8. The number of carbonyl (C=O) groups is 1. The molecule has 0 aromatic heterocycles. The first kappa shape index (κ1) is 13.9. The molecule has 1 heterocycles. The van der Waals surface area contributed by atoms with Crippen LogP contribution >= 0.6 is 0 Å². The highest BCUT2D eigenvalue weighted by atomic mass is 16.5. The summed E-state index contributed by atoms with van der Waals surface area (Å²) < 4.78 is 5.44. The number of benzene rings is 1. The highest BCUT2D eigenvalue weighted by Crippen LogP contribution is 2.23. The van der Waals surface area contributed by atoms with Crippen molar-refractivity contribution in [3.05, 3.63) is 29.8 Å². The molecule has 1 amide bonds. The molecule has 1 aliphatic heterocycles. The van der Waals surface area contributed by atoms with E-state index < -0.39 is 0 Å². The Labute approximate surface area is 114 Å². The first-order chi connectivity index (χ1) is 9.13. The van der Waals surface area contributed by atoms with Crippen LogP contribution in [0.25, 0.3) is 0 Å². The lowest BCUT2D eigenvalue weighted by molar-refractivity contribution is -0.141. The van der Waals surface area contributed by atoms with Crippen LogP contribution in [0.1, 0.15) is 31.7 Å². The van der Waals surface area contributed by atoms with Crippen molar-refractivity contribution in [3.63, 3.8) is 0 Å². The minimum Gasteiger partial charge on any atom is -0.399 e. The van der Waals surface area contributed by atoms with Crippen molar-refractivity contribution in [2.45, 2.75) is 32.2 Å². The van der Waals surface area contributed by atoms with E-state index in [0.717, 1.165) is 12.0 Å². The van der Waals surface area contributed by atoms with Crippen LogP contribution in [0.4, 0.5) is 5.69 Å². The van der Waals surface area contributed by atoms with E-state index >= 15 is 0 Å². The first-order valence-corrected chi connectivity index (χ1v) is 6.87. The molecule has 0 saturated carbocycles. The summed E-state index contributed by atoms with van der Waals surface area (Å²) in [5, 5.41) is 0. The van der Waals surface area contributed by atoms with E-state index in [0.29, 0.717) is 25.4 Å². The van der Waals surface area contributed by atoms with Crippen LogP contribution in [-0.2, 0) is 9.53 Å². The molecule has 2 N–H and O–H groups in total. The third kappa shape index (κ3) is 3.07. The number of anilines is 1. The van der Waals surface area contributed by atoms with Crippen molar-refractivity contribution in [2.24, 2.45) is 0 Å². The number of amides is 1. The van der Waals surface area contributed by atoms with Crippen molar-refractivity contribution in [1.82, 2.24) is 4.90 Å². The Morgan fingerprint density at radius 3 is 3.05 bits per heavy atom. The molecule has 0 bridgehead atoms. The fourth-order valence-electron chi connectivity index (χ4n) is 2.50. The Morgan fingerprint density at radius 2 is 2.37 bits per heavy atom. The lowest BCUT2D eigenvalue weighted by Gasteiger charge is -2.36. The van der Waals surface area contributed by atoms with Gasteiger partial charge in [0.05, 0.1) is 25.2 Å². The number of hydrogen-bond acceptors (Lipinski definition) is 3. The molecular weight excluding hydrogens is 240 g/mol. The summed E-state index contributed by atoms with van der Waals surface area (Å²) in [6.45, 7) is 5.99. The van der Waals surface area contributed by atoms with Gasteiger partial charge in [-0.2, -0.15) is 0 Å². The maximum atomic E-state index is 12.6. The predicted molar refractivity (Wildman–Crippen MR) is 75.9 cm³/mol. The van der Waals surface area contributed by atoms with E-state index in [9.17, 15) is 4.79 Å². The van der Waals surface area contributed by atoms with E-state index in [1.165, 1.54) is 0 Å². The largest absolute Gasteiger partial charge is 0.399 e. The van der Waals surface area contributed by atoms with Crippen molar-refractivity contribution in [3.8, 4) is 0 Å². The molecule has 2 unspecified atom stereocenters. The Bertz CT molecular complexity index is 448. The smallest absolute Gasteiger partial charge is 0.230 e. The number of ether oxygens (including phenoxy) is 1. The van der Waals surface area contributed by atoms with E-state index in [1.807, 2.05) is 36.1 Å². The molecule has 2 rings (SSSR count). The normalized spacial score (nSPS) is 21.2. The number of rotatable bonds is 3. The Kier molecular flexibility index (Phi) is 4.43. The molecule has 1 aromatic carbocycles. The molecule has 104 valence electrons. The molecule has 1 fully saturated rings. The van der Waals surface area contributed by atoms with Crippen LogP contribution in [0.2, 0.25) is 0 Å². The van der Waals surface area contributed by atoms with Crippen LogP contribution in [0, 0.1) is 0 Å². The van der Waals surface area contributed by atoms with Gasteiger partial charge in [-0.1, -0.05) is 19.1 Å². The lowest BCUT2D eigenvalue weighted by atomic mass is 9.98. The predicted octanol–water partition coefficient (Wildman–Crippen LogP) is 2.01. The quantitative estimate of drug-likeness (QED) is 0.848. The molecule has 2 atom stereocenters. The van der Waals surface area contributed by atoms with Crippen molar-refractivity contribution in [1.29, 1.82) is 0 Å². The summed E-state index contributed by atoms with van der Waals surface area (Å²) in [5.41, 5.74) is 7.46. The zero-order valence-corrected chi connectivity index (χ0v) is 11.6. The Balaban J connectivity index is 2.13. The minimum absolute atomic E-state index is 0.157. The second kappa shape index (κ2) is 6.06. The molecule has 1 aliphatic rings. The third-order valence-electron chi connectivity index (χ3n) is 3.76. The van der Waals surface area contributed by atoms with Crippen LogP contribution < -0.4 is 5.73 Å². The standard InChI is InChI=1S/C15H22N2O2/c1-3-14-10-19-8-7-17(14)15(18)11(2)12-5-4-6-13(16)9-12/h4-6,9,11,14H,3,7-8,10,16H2,1-2H3. The van der Waals surface area contributed by atoms with E-state index in [4.69, 9.17) is 10.5 Å². The summed E-state index contributed by atoms with van der Waals surface area (Å²) in [4.78, 5) is 14.6. The first-order valence-electron chi connectivity index (χ1n) is 6.87. The van der Waals surface area contributed by atoms with Gasteiger partial charge in [0.1, 0.15) is 0 Å². The van der Waals surface area contributed by atoms with Gasteiger partial charge in [-0.05, 0) is 31.0 Å². The molecule has 0 spiro atoms. The third-order valence-corrected chi connectivity index (χ3v) is 3.76. The summed E-state index contributed by atoms with van der Waals surface area (Å²) in [5.74, 6) is 0.0106. The number of nitrogen functional groups attached to an aromatic ring is 1. The van der Waals surface area contributed by atoms with Gasteiger partial charge in [-0.25, -0.2) is 0 Å². The SMILES string of the molecule is CCC1COCCN1C(=O)C(C)c1cccc(N)c1. The number of carbonyl (C=O) groups excluding carboxylic acids is 1. The van der Waals surface area contributed by atoms with Gasteiger partial charge in [0.15, 0.2) is 0 Å². The minimum atomic E-state index is -0.157. The van der Waals surface area contributed by atoms with Gasteiger partial charge in [0, 0.05) is 12.2 Å². The van der Waals surface area contributed by atoms with E-state index in [2.05, 4.69) is 6.92 Å². The number of nitrogens with zero attached hydrogens (tertiary/aromatic N) is 1. The number of morpholine rings is 1. The average molecular weight is 262 g/mol. The van der Waals surface area contributed by atoms with Gasteiger partial charge in [0.25, 0.3) is 0 Å². The van der Waals surface area contributed by atoms with Gasteiger partial charge < -0.3 is 15.4 Å². The van der Waals surface area contributed by atoms with Crippen molar-refractivity contribution < 1.29 is 9.53 Å². The number of nitrogens with two attached hydrogens (primary N) is 1. The Morgan fingerprint density at radius 1 is 1.58 bits per heavy atom. The van der Waals surface area contributed by atoms with Crippen molar-refractivity contribution >= 4 is 11.6 Å². The summed E-state index contributed by atoms with van der Waals surface area (Å²) in [6.07, 6.45) is 0.926. The molecule has 4 heteroatoms. The highest BCUT2D eigenvalue weighted by molar-refractivity contribution is 5.84. The summed E-state index contributed by atoms with van der Waals surface area (Å²) in [7, 11) is 0. The molecule has 19 heavy (non-hydrogen) atoms.